The first-order valence-electron chi connectivity index (χ1n) is 5.95. The number of rotatable bonds is 4. The van der Waals surface area contributed by atoms with E-state index in [4.69, 9.17) is 9.84 Å². The van der Waals surface area contributed by atoms with Crippen molar-refractivity contribution in [3.8, 4) is 0 Å². The topological polar surface area (TPSA) is 105 Å². The predicted octanol–water partition coefficient (Wildman–Crippen LogP) is -0.932. The van der Waals surface area contributed by atoms with E-state index in [-0.39, 0.29) is 24.7 Å². The minimum absolute atomic E-state index is 0.131. The molecule has 7 heteroatoms. The number of nitrogens with one attached hydrogen (secondary N) is 1. The van der Waals surface area contributed by atoms with Gasteiger partial charge in [0.1, 0.15) is 6.23 Å². The van der Waals surface area contributed by atoms with E-state index < -0.39 is 23.6 Å². The highest BCUT2D eigenvalue weighted by Gasteiger charge is 2.35. The van der Waals surface area contributed by atoms with Gasteiger partial charge in [0, 0.05) is 25.1 Å². The minimum atomic E-state index is -0.614. The Kier molecular flexibility index (Phi) is 3.98. The van der Waals surface area contributed by atoms with Gasteiger partial charge in [-0.2, -0.15) is 0 Å². The molecule has 0 saturated carbocycles. The number of nitrogens with zero attached hydrogens (tertiary/aromatic N) is 1. The Bertz CT molecular complexity index is 564. The summed E-state index contributed by atoms with van der Waals surface area (Å²) in [6.07, 6.45) is 1.98. The molecule has 3 N–H and O–H groups in total. The normalized spacial score (nSPS) is 26.5. The monoisotopic (exact) mass is 268 g/mol. The highest BCUT2D eigenvalue weighted by atomic mass is 16.5. The Hall–Kier alpha value is -1.70. The van der Waals surface area contributed by atoms with Crippen LogP contribution in [0, 0.1) is 5.92 Å². The van der Waals surface area contributed by atoms with Crippen molar-refractivity contribution in [3.05, 3.63) is 39.2 Å². The number of hydrogen-bond donors (Lipinski definition) is 3. The number of H-pyrrole nitrogens is 1. The maximum atomic E-state index is 11.8. The Morgan fingerprint density at radius 2 is 2.21 bits per heavy atom. The lowest BCUT2D eigenvalue weighted by Crippen LogP contribution is -2.33. The largest absolute Gasteiger partial charge is 0.396 e. The van der Waals surface area contributed by atoms with Crippen LogP contribution < -0.4 is 11.2 Å². The zero-order chi connectivity index (χ0) is 14.0. The van der Waals surface area contributed by atoms with Crippen molar-refractivity contribution in [1.82, 2.24) is 9.55 Å². The molecule has 2 heterocycles. The third kappa shape index (κ3) is 2.53. The van der Waals surface area contributed by atoms with Crippen LogP contribution in [0.5, 0.6) is 0 Å². The van der Waals surface area contributed by atoms with Gasteiger partial charge in [-0.3, -0.25) is 14.3 Å². The summed E-state index contributed by atoms with van der Waals surface area (Å²) in [4.78, 5) is 25.3. The maximum absolute atomic E-state index is 11.8. The van der Waals surface area contributed by atoms with Crippen molar-refractivity contribution < 1.29 is 14.9 Å². The standard InChI is InChI=1S/C12H16N2O5/c1-2-7-4-14(12(18)13-11(7)17)10-3-8(5-15)9(6-16)19-10/h2,4,8-10,15-16H,1,3,5-6H2,(H,13,17,18)/t8?,9-,10-/m0/s1. The second-order valence-electron chi connectivity index (χ2n) is 4.45. The molecule has 3 atom stereocenters. The van der Waals surface area contributed by atoms with E-state index in [0.29, 0.717) is 6.42 Å². The molecular formula is C12H16N2O5. The predicted molar refractivity (Wildman–Crippen MR) is 67.6 cm³/mol. The molecule has 0 radical (unpaired) electrons. The minimum Gasteiger partial charge on any atom is -0.396 e. The maximum Gasteiger partial charge on any atom is 0.330 e. The fourth-order valence-electron chi connectivity index (χ4n) is 2.20. The summed E-state index contributed by atoms with van der Waals surface area (Å²) < 4.78 is 6.76. The molecule has 7 nitrogen and oxygen atoms in total. The van der Waals surface area contributed by atoms with E-state index in [1.165, 1.54) is 16.8 Å². The first-order valence-corrected chi connectivity index (χ1v) is 5.95. The smallest absolute Gasteiger partial charge is 0.330 e. The van der Waals surface area contributed by atoms with Crippen molar-refractivity contribution in [2.45, 2.75) is 18.8 Å². The Morgan fingerprint density at radius 3 is 2.74 bits per heavy atom. The summed E-state index contributed by atoms with van der Waals surface area (Å²) in [5.74, 6) is -0.235. The van der Waals surface area contributed by atoms with E-state index in [2.05, 4.69) is 11.6 Å². The highest BCUT2D eigenvalue weighted by Crippen LogP contribution is 2.31. The van der Waals surface area contributed by atoms with Crippen molar-refractivity contribution >= 4 is 6.08 Å². The first-order chi connectivity index (χ1) is 9.10. The molecule has 0 spiro atoms. The lowest BCUT2D eigenvalue weighted by molar-refractivity contribution is -0.0366. The summed E-state index contributed by atoms with van der Waals surface area (Å²) >= 11 is 0. The molecule has 1 aliphatic heterocycles. The molecule has 1 aromatic rings. The summed E-state index contributed by atoms with van der Waals surface area (Å²) in [7, 11) is 0. The van der Waals surface area contributed by atoms with Crippen molar-refractivity contribution in [3.63, 3.8) is 0 Å². The molecule has 0 amide bonds. The van der Waals surface area contributed by atoms with Gasteiger partial charge in [0.15, 0.2) is 0 Å². The molecule has 2 rings (SSSR count). The van der Waals surface area contributed by atoms with Gasteiger partial charge in [-0.05, 0) is 0 Å². The summed E-state index contributed by atoms with van der Waals surface area (Å²) in [5.41, 5.74) is -0.835. The van der Waals surface area contributed by atoms with E-state index in [9.17, 15) is 14.7 Å². The lowest BCUT2D eigenvalue weighted by Gasteiger charge is -2.15. The molecule has 0 aliphatic carbocycles. The molecule has 0 bridgehead atoms. The van der Waals surface area contributed by atoms with Gasteiger partial charge in [0.25, 0.3) is 5.56 Å². The Balaban J connectivity index is 2.36. The van der Waals surface area contributed by atoms with E-state index in [1.54, 1.807) is 0 Å². The quantitative estimate of drug-likeness (QED) is 0.654. The van der Waals surface area contributed by atoms with Crippen molar-refractivity contribution in [2.75, 3.05) is 13.2 Å². The molecule has 1 unspecified atom stereocenters. The van der Waals surface area contributed by atoms with Crippen LogP contribution in [0.4, 0.5) is 0 Å². The Labute approximate surface area is 108 Å². The number of aromatic nitrogens is 2. The second kappa shape index (κ2) is 5.52. The number of ether oxygens (including phenoxy) is 1. The third-order valence-electron chi connectivity index (χ3n) is 3.30. The van der Waals surface area contributed by atoms with Crippen LogP contribution in [0.15, 0.2) is 22.4 Å². The van der Waals surface area contributed by atoms with Crippen LogP contribution in [0.2, 0.25) is 0 Å². The highest BCUT2D eigenvalue weighted by molar-refractivity contribution is 5.43. The fourth-order valence-corrected chi connectivity index (χ4v) is 2.20. The van der Waals surface area contributed by atoms with Crippen LogP contribution >= 0.6 is 0 Å². The van der Waals surface area contributed by atoms with Gasteiger partial charge in [-0.1, -0.05) is 12.7 Å². The average Bonchev–Trinajstić information content (AvgIpc) is 2.82. The van der Waals surface area contributed by atoms with E-state index >= 15 is 0 Å². The van der Waals surface area contributed by atoms with E-state index in [0.717, 1.165) is 0 Å². The molecule has 1 saturated heterocycles. The number of aliphatic hydroxyl groups is 2. The van der Waals surface area contributed by atoms with Crippen LogP contribution in [0.3, 0.4) is 0 Å². The fraction of sp³-hybridized carbons (Fsp3) is 0.500. The van der Waals surface area contributed by atoms with Gasteiger partial charge in [-0.15, -0.1) is 0 Å². The summed E-state index contributed by atoms with van der Waals surface area (Å²) in [6, 6.07) is 0. The molecule has 19 heavy (non-hydrogen) atoms. The van der Waals surface area contributed by atoms with Crippen LogP contribution in [-0.4, -0.2) is 39.1 Å². The van der Waals surface area contributed by atoms with Gasteiger partial charge in [0.05, 0.1) is 18.3 Å². The molecular weight excluding hydrogens is 252 g/mol. The zero-order valence-electron chi connectivity index (χ0n) is 10.3. The number of aliphatic hydroxyl groups excluding tert-OH is 2. The van der Waals surface area contributed by atoms with Gasteiger partial charge in [0.2, 0.25) is 0 Å². The van der Waals surface area contributed by atoms with Crippen molar-refractivity contribution in [1.29, 1.82) is 0 Å². The summed E-state index contributed by atoms with van der Waals surface area (Å²) in [6.45, 7) is 3.14. The third-order valence-corrected chi connectivity index (χ3v) is 3.30. The molecule has 1 aromatic heterocycles. The number of aromatic amines is 1. The molecule has 1 aliphatic rings. The molecule has 0 aromatic carbocycles. The Morgan fingerprint density at radius 1 is 1.47 bits per heavy atom. The van der Waals surface area contributed by atoms with Crippen LogP contribution in [-0.2, 0) is 4.74 Å². The van der Waals surface area contributed by atoms with Crippen molar-refractivity contribution in [2.24, 2.45) is 5.92 Å². The van der Waals surface area contributed by atoms with E-state index in [1.807, 2.05) is 0 Å². The first kappa shape index (κ1) is 13.7. The van der Waals surface area contributed by atoms with Gasteiger partial charge < -0.3 is 14.9 Å². The van der Waals surface area contributed by atoms with Gasteiger partial charge in [-0.25, -0.2) is 4.79 Å². The molecule has 104 valence electrons. The summed E-state index contributed by atoms with van der Waals surface area (Å²) in [5, 5.41) is 18.3. The van der Waals surface area contributed by atoms with Crippen LogP contribution in [0.25, 0.3) is 6.08 Å². The lowest BCUT2D eigenvalue weighted by atomic mass is 10.0. The van der Waals surface area contributed by atoms with Gasteiger partial charge >= 0.3 is 5.69 Å². The second-order valence-corrected chi connectivity index (χ2v) is 4.45. The SMILES string of the molecule is C=Cc1cn([C@@H]2CC(CO)[C@H](CO)O2)c(=O)[nH]c1=O. The number of hydrogen-bond acceptors (Lipinski definition) is 5. The molecule has 1 fully saturated rings. The van der Waals surface area contributed by atoms with Crippen LogP contribution in [0.1, 0.15) is 18.2 Å². The average molecular weight is 268 g/mol. The zero-order valence-corrected chi connectivity index (χ0v) is 10.3.